The molecule has 0 radical (unpaired) electrons. The van der Waals surface area contributed by atoms with Gasteiger partial charge in [-0.25, -0.2) is 0 Å². The Hall–Kier alpha value is -0.720. The van der Waals surface area contributed by atoms with Crippen molar-refractivity contribution in [2.24, 2.45) is 0 Å². The lowest BCUT2D eigenvalue weighted by molar-refractivity contribution is -0.120. The van der Waals surface area contributed by atoms with Gasteiger partial charge in [0.05, 0.1) is 6.42 Å². The normalized spacial score (nSPS) is 21.7. The van der Waals surface area contributed by atoms with Gasteiger partial charge >= 0.3 is 0 Å². The molecule has 0 aromatic heterocycles. The number of benzene rings is 1. The topological polar surface area (TPSA) is 49.4 Å². The molecule has 1 aliphatic rings. The van der Waals surface area contributed by atoms with Gasteiger partial charge in [0.25, 0.3) is 0 Å². The molecule has 132 valence electrons. The second kappa shape index (κ2) is 8.59. The fourth-order valence-corrected chi connectivity index (χ4v) is 4.52. The summed E-state index contributed by atoms with van der Waals surface area (Å²) in [5.41, 5.74) is 2.18. The third-order valence-corrected chi connectivity index (χ3v) is 6.81. The lowest BCUT2D eigenvalue weighted by atomic mass is 9.83. The first-order chi connectivity index (χ1) is 11.3. The minimum atomic E-state index is -0.00317. The van der Waals surface area contributed by atoms with Gasteiger partial charge in [-0.05, 0) is 76.0 Å². The first kappa shape index (κ1) is 19.6. The summed E-state index contributed by atoms with van der Waals surface area (Å²) in [5, 5.41) is 2.70. The Morgan fingerprint density at radius 2 is 2.04 bits per heavy atom. The van der Waals surface area contributed by atoms with Crippen molar-refractivity contribution in [2.45, 2.75) is 44.1 Å². The van der Waals surface area contributed by atoms with Crippen molar-refractivity contribution >= 4 is 43.6 Å². The Labute approximate surface area is 160 Å². The van der Waals surface area contributed by atoms with E-state index in [0.29, 0.717) is 25.0 Å². The average Bonchev–Trinajstić information content (AvgIpc) is 2.73. The Morgan fingerprint density at radius 3 is 2.67 bits per heavy atom. The van der Waals surface area contributed by atoms with Crippen LogP contribution >= 0.6 is 31.9 Å². The van der Waals surface area contributed by atoms with E-state index in [1.807, 2.05) is 26.2 Å². The summed E-state index contributed by atoms with van der Waals surface area (Å²) in [6.45, 7) is 0. The minimum Gasteiger partial charge on any atom is -0.359 e. The van der Waals surface area contributed by atoms with Gasteiger partial charge in [-0.3, -0.25) is 9.59 Å². The second-order valence-corrected chi connectivity index (χ2v) is 8.20. The van der Waals surface area contributed by atoms with Gasteiger partial charge in [0, 0.05) is 40.8 Å². The molecule has 2 unspecified atom stereocenters. The van der Waals surface area contributed by atoms with E-state index in [4.69, 9.17) is 0 Å². The van der Waals surface area contributed by atoms with Crippen molar-refractivity contribution in [1.29, 1.82) is 0 Å². The standard InChI is InChI=1S/C18H24Br2N2O2/c1-21-16(24)9-11-7-8-14(19)18(20)17(11)13-6-4-5-12(23)10-15(13)22(2)3/h7-8,13,15H,4-6,9-10H2,1-3H3,(H,21,24). The molecule has 2 rings (SSSR count). The van der Waals surface area contributed by atoms with Crippen LogP contribution in [0.25, 0.3) is 0 Å². The van der Waals surface area contributed by atoms with Crippen molar-refractivity contribution in [3.05, 3.63) is 32.2 Å². The zero-order valence-corrected chi connectivity index (χ0v) is 17.5. The number of Topliss-reactive ketones (excluding diaryl/α,β-unsaturated/α-hetero) is 1. The quantitative estimate of drug-likeness (QED) is 0.699. The lowest BCUT2D eigenvalue weighted by Gasteiger charge is -2.33. The molecule has 1 saturated carbocycles. The summed E-state index contributed by atoms with van der Waals surface area (Å²) >= 11 is 7.30. The van der Waals surface area contributed by atoms with Crippen LogP contribution in [0, 0.1) is 0 Å². The molecule has 4 nitrogen and oxygen atoms in total. The van der Waals surface area contributed by atoms with Crippen LogP contribution in [0.4, 0.5) is 0 Å². The molecular formula is C18H24Br2N2O2. The summed E-state index contributed by atoms with van der Waals surface area (Å²) in [7, 11) is 5.71. The Morgan fingerprint density at radius 1 is 1.33 bits per heavy atom. The molecule has 2 atom stereocenters. The van der Waals surface area contributed by atoms with Crippen LogP contribution < -0.4 is 5.32 Å². The van der Waals surface area contributed by atoms with E-state index < -0.39 is 0 Å². The van der Waals surface area contributed by atoms with Crippen LogP contribution in [0.1, 0.15) is 42.7 Å². The number of hydrogen-bond donors (Lipinski definition) is 1. The summed E-state index contributed by atoms with van der Waals surface area (Å²) in [6, 6.07) is 4.13. The molecule has 0 aliphatic heterocycles. The van der Waals surface area contributed by atoms with Gasteiger partial charge in [0.1, 0.15) is 5.78 Å². The van der Waals surface area contributed by atoms with Crippen LogP contribution in [0.2, 0.25) is 0 Å². The molecule has 0 bridgehead atoms. The van der Waals surface area contributed by atoms with Crippen LogP contribution in [0.5, 0.6) is 0 Å². The van der Waals surface area contributed by atoms with Gasteiger partial charge in [-0.1, -0.05) is 6.07 Å². The summed E-state index contributed by atoms with van der Waals surface area (Å²) in [6.07, 6.45) is 3.41. The van der Waals surface area contributed by atoms with Gasteiger partial charge in [-0.15, -0.1) is 0 Å². The second-order valence-electron chi connectivity index (χ2n) is 6.56. The van der Waals surface area contributed by atoms with E-state index in [1.165, 1.54) is 0 Å². The molecule has 1 aliphatic carbocycles. The largest absolute Gasteiger partial charge is 0.359 e. The maximum Gasteiger partial charge on any atom is 0.224 e. The number of hydrogen-bond acceptors (Lipinski definition) is 3. The monoisotopic (exact) mass is 458 g/mol. The van der Waals surface area contributed by atoms with Gasteiger partial charge in [0.2, 0.25) is 5.91 Å². The number of rotatable bonds is 4. The highest BCUT2D eigenvalue weighted by Crippen LogP contribution is 2.41. The van der Waals surface area contributed by atoms with E-state index in [9.17, 15) is 9.59 Å². The molecule has 1 amide bonds. The van der Waals surface area contributed by atoms with E-state index in [0.717, 1.165) is 32.9 Å². The number of carbonyl (C=O) groups is 2. The molecule has 0 heterocycles. The number of nitrogens with one attached hydrogen (secondary N) is 1. The highest BCUT2D eigenvalue weighted by atomic mass is 79.9. The molecule has 1 aromatic rings. The lowest BCUT2D eigenvalue weighted by Crippen LogP contribution is -2.35. The van der Waals surface area contributed by atoms with Crippen LogP contribution in [-0.2, 0) is 16.0 Å². The van der Waals surface area contributed by atoms with Gasteiger partial charge in [0.15, 0.2) is 0 Å². The van der Waals surface area contributed by atoms with Crippen LogP contribution in [0.15, 0.2) is 21.1 Å². The number of likely N-dealkylation sites (N-methyl/N-ethyl adjacent to an activating group) is 2. The number of amides is 1. The first-order valence-electron chi connectivity index (χ1n) is 8.20. The number of halogens is 2. The maximum absolute atomic E-state index is 12.1. The maximum atomic E-state index is 12.1. The fraction of sp³-hybridized carbons (Fsp3) is 0.556. The summed E-state index contributed by atoms with van der Waals surface area (Å²) in [4.78, 5) is 26.2. The first-order valence-corrected chi connectivity index (χ1v) is 9.79. The predicted molar refractivity (Wildman–Crippen MR) is 103 cm³/mol. The zero-order valence-electron chi connectivity index (χ0n) is 14.4. The highest BCUT2D eigenvalue weighted by Gasteiger charge is 2.33. The van der Waals surface area contributed by atoms with Crippen LogP contribution in [0.3, 0.4) is 0 Å². The molecule has 0 saturated heterocycles. The van der Waals surface area contributed by atoms with Crippen molar-refractivity contribution in [2.75, 3.05) is 21.1 Å². The average molecular weight is 460 g/mol. The third-order valence-electron chi connectivity index (χ3n) is 4.76. The molecule has 1 aromatic carbocycles. The molecule has 1 fully saturated rings. The summed E-state index contributed by atoms with van der Waals surface area (Å²) < 4.78 is 1.97. The van der Waals surface area contributed by atoms with Crippen molar-refractivity contribution in [1.82, 2.24) is 10.2 Å². The Kier molecular flexibility index (Phi) is 7.01. The molecule has 6 heteroatoms. The molecule has 24 heavy (non-hydrogen) atoms. The predicted octanol–water partition coefficient (Wildman–Crippen LogP) is 3.66. The highest BCUT2D eigenvalue weighted by molar-refractivity contribution is 9.13. The van der Waals surface area contributed by atoms with Crippen LogP contribution in [-0.4, -0.2) is 43.8 Å². The number of nitrogens with zero attached hydrogens (tertiary/aromatic N) is 1. The summed E-state index contributed by atoms with van der Waals surface area (Å²) in [5.74, 6) is 0.546. The van der Waals surface area contributed by atoms with Crippen molar-refractivity contribution < 1.29 is 9.59 Å². The minimum absolute atomic E-state index is 0.00317. The fourth-order valence-electron chi connectivity index (χ4n) is 3.49. The molecular weight excluding hydrogens is 436 g/mol. The molecule has 0 spiro atoms. The van der Waals surface area contributed by atoms with E-state index >= 15 is 0 Å². The van der Waals surface area contributed by atoms with Gasteiger partial charge < -0.3 is 10.2 Å². The smallest absolute Gasteiger partial charge is 0.224 e. The van der Waals surface area contributed by atoms with Gasteiger partial charge in [-0.2, -0.15) is 0 Å². The molecule has 1 N–H and O–H groups in total. The van der Waals surface area contributed by atoms with E-state index in [2.05, 4.69) is 42.1 Å². The SMILES string of the molecule is CNC(=O)Cc1ccc(Br)c(Br)c1C1CCCC(=O)CC1N(C)C. The van der Waals surface area contributed by atoms with Crippen molar-refractivity contribution in [3.63, 3.8) is 0 Å². The van der Waals surface area contributed by atoms with E-state index in [-0.39, 0.29) is 17.9 Å². The third kappa shape index (κ3) is 4.46. The van der Waals surface area contributed by atoms with E-state index in [1.54, 1.807) is 7.05 Å². The number of ketones is 1. The zero-order chi connectivity index (χ0) is 17.9. The number of carbonyl (C=O) groups excluding carboxylic acids is 2. The van der Waals surface area contributed by atoms with Crippen molar-refractivity contribution in [3.8, 4) is 0 Å². The Bertz CT molecular complexity index is 632. The Balaban J connectivity index is 2.52.